The number of hydrogen-bond donors (Lipinski definition) is 2. The standard InChI is InChI=1S/C15H16N2O2/c1-9-6-13(16)15-12(7-11(8-18)19-15)14(9)10-2-4-17-5-3-10/h2-6,11,18H,7-8,16H2,1H3. The number of aliphatic hydroxyl groups excluding tert-OH is 1. The molecule has 0 radical (unpaired) electrons. The summed E-state index contributed by atoms with van der Waals surface area (Å²) < 4.78 is 5.71. The van der Waals surface area contributed by atoms with Gasteiger partial charge in [0.2, 0.25) is 0 Å². The molecule has 0 saturated heterocycles. The van der Waals surface area contributed by atoms with Gasteiger partial charge in [0.05, 0.1) is 12.3 Å². The van der Waals surface area contributed by atoms with Gasteiger partial charge in [-0.3, -0.25) is 4.98 Å². The van der Waals surface area contributed by atoms with Crippen LogP contribution in [0.4, 0.5) is 5.69 Å². The Morgan fingerprint density at radius 3 is 2.84 bits per heavy atom. The minimum Gasteiger partial charge on any atom is -0.485 e. The van der Waals surface area contributed by atoms with Crippen molar-refractivity contribution in [1.29, 1.82) is 0 Å². The fraction of sp³-hybridized carbons (Fsp3) is 0.267. The van der Waals surface area contributed by atoms with Crippen molar-refractivity contribution in [3.8, 4) is 16.9 Å². The molecule has 1 atom stereocenters. The molecular formula is C15H16N2O2. The molecular weight excluding hydrogens is 240 g/mol. The molecule has 1 aliphatic rings. The minimum atomic E-state index is -0.195. The summed E-state index contributed by atoms with van der Waals surface area (Å²) >= 11 is 0. The summed E-state index contributed by atoms with van der Waals surface area (Å²) in [5.41, 5.74) is 11.1. The molecule has 3 rings (SSSR count). The second-order valence-corrected chi connectivity index (χ2v) is 4.83. The number of aromatic nitrogens is 1. The molecule has 1 unspecified atom stereocenters. The van der Waals surface area contributed by atoms with Crippen LogP contribution in [-0.4, -0.2) is 22.8 Å². The highest BCUT2D eigenvalue weighted by Gasteiger charge is 2.28. The van der Waals surface area contributed by atoms with Gasteiger partial charge in [-0.25, -0.2) is 0 Å². The van der Waals surface area contributed by atoms with Crippen molar-refractivity contribution >= 4 is 5.69 Å². The molecule has 3 N–H and O–H groups in total. The van der Waals surface area contributed by atoms with Gasteiger partial charge in [-0.15, -0.1) is 0 Å². The number of pyridine rings is 1. The van der Waals surface area contributed by atoms with Crippen LogP contribution in [0.5, 0.6) is 5.75 Å². The van der Waals surface area contributed by atoms with Gasteiger partial charge in [0, 0.05) is 24.4 Å². The Labute approximate surface area is 111 Å². The van der Waals surface area contributed by atoms with Gasteiger partial charge in [0.25, 0.3) is 0 Å². The van der Waals surface area contributed by atoms with Crippen molar-refractivity contribution in [2.45, 2.75) is 19.4 Å². The third kappa shape index (κ3) is 1.94. The van der Waals surface area contributed by atoms with Crippen molar-refractivity contribution in [2.24, 2.45) is 0 Å². The molecule has 0 saturated carbocycles. The Morgan fingerprint density at radius 1 is 1.42 bits per heavy atom. The monoisotopic (exact) mass is 256 g/mol. The molecule has 1 aromatic heterocycles. The predicted octanol–water partition coefficient (Wildman–Crippen LogP) is 1.94. The van der Waals surface area contributed by atoms with E-state index in [4.69, 9.17) is 10.5 Å². The lowest BCUT2D eigenvalue weighted by atomic mass is 9.92. The highest BCUT2D eigenvalue weighted by Crippen LogP contribution is 2.42. The Bertz CT molecular complexity index is 611. The van der Waals surface area contributed by atoms with Crippen molar-refractivity contribution < 1.29 is 9.84 Å². The molecule has 2 heterocycles. The average molecular weight is 256 g/mol. The first-order valence-corrected chi connectivity index (χ1v) is 6.30. The van der Waals surface area contributed by atoms with Crippen LogP contribution in [0.15, 0.2) is 30.6 Å². The smallest absolute Gasteiger partial charge is 0.146 e. The van der Waals surface area contributed by atoms with Crippen LogP contribution < -0.4 is 10.5 Å². The Balaban J connectivity index is 2.19. The Kier molecular flexibility index (Phi) is 2.87. The fourth-order valence-corrected chi connectivity index (χ4v) is 2.69. The highest BCUT2D eigenvalue weighted by atomic mass is 16.5. The van der Waals surface area contributed by atoms with E-state index < -0.39 is 0 Å². The van der Waals surface area contributed by atoms with Crippen LogP contribution >= 0.6 is 0 Å². The number of hydrogen-bond acceptors (Lipinski definition) is 4. The number of fused-ring (bicyclic) bond motifs is 1. The van der Waals surface area contributed by atoms with Gasteiger partial charge in [-0.2, -0.15) is 0 Å². The molecule has 0 amide bonds. The van der Waals surface area contributed by atoms with Gasteiger partial charge >= 0.3 is 0 Å². The van der Waals surface area contributed by atoms with Crippen LogP contribution in [0.3, 0.4) is 0 Å². The summed E-state index contributed by atoms with van der Waals surface area (Å²) in [6.45, 7) is 2.04. The van der Waals surface area contributed by atoms with Crippen molar-refractivity contribution in [1.82, 2.24) is 4.98 Å². The summed E-state index contributed by atoms with van der Waals surface area (Å²) in [6, 6.07) is 5.88. The summed E-state index contributed by atoms with van der Waals surface area (Å²) in [5, 5.41) is 9.28. The molecule has 1 aliphatic heterocycles. The maximum Gasteiger partial charge on any atom is 0.146 e. The first kappa shape index (κ1) is 12.0. The van der Waals surface area contributed by atoms with E-state index in [2.05, 4.69) is 4.98 Å². The van der Waals surface area contributed by atoms with E-state index >= 15 is 0 Å². The van der Waals surface area contributed by atoms with E-state index in [0.29, 0.717) is 12.1 Å². The number of nitrogens with two attached hydrogens (primary N) is 1. The van der Waals surface area contributed by atoms with Crippen molar-refractivity contribution in [2.75, 3.05) is 12.3 Å². The van der Waals surface area contributed by atoms with Crippen LogP contribution in [0.2, 0.25) is 0 Å². The summed E-state index contributed by atoms with van der Waals surface area (Å²) in [7, 11) is 0. The predicted molar refractivity (Wildman–Crippen MR) is 74.0 cm³/mol. The van der Waals surface area contributed by atoms with Crippen molar-refractivity contribution in [3.05, 3.63) is 41.7 Å². The normalized spacial score (nSPS) is 17.1. The van der Waals surface area contributed by atoms with Gasteiger partial charge in [-0.05, 0) is 41.8 Å². The highest BCUT2D eigenvalue weighted by molar-refractivity contribution is 5.79. The van der Waals surface area contributed by atoms with Gasteiger partial charge < -0.3 is 15.6 Å². The molecule has 1 aromatic carbocycles. The number of aliphatic hydroxyl groups is 1. The number of nitrogens with zero attached hydrogens (tertiary/aromatic N) is 1. The van der Waals surface area contributed by atoms with E-state index in [1.807, 2.05) is 25.1 Å². The molecule has 0 bridgehead atoms. The lowest BCUT2D eigenvalue weighted by Crippen LogP contribution is -2.17. The van der Waals surface area contributed by atoms with Crippen LogP contribution in [0.25, 0.3) is 11.1 Å². The first-order valence-electron chi connectivity index (χ1n) is 6.30. The number of anilines is 1. The van der Waals surface area contributed by atoms with E-state index in [9.17, 15) is 5.11 Å². The molecule has 0 spiro atoms. The molecule has 0 aliphatic carbocycles. The zero-order valence-electron chi connectivity index (χ0n) is 10.8. The largest absolute Gasteiger partial charge is 0.485 e. The maximum atomic E-state index is 9.28. The summed E-state index contributed by atoms with van der Waals surface area (Å²) in [4.78, 5) is 4.05. The second kappa shape index (κ2) is 4.55. The third-order valence-corrected chi connectivity index (χ3v) is 3.49. The van der Waals surface area contributed by atoms with Gasteiger partial charge in [0.1, 0.15) is 11.9 Å². The molecule has 4 nitrogen and oxygen atoms in total. The number of ether oxygens (including phenoxy) is 1. The SMILES string of the molecule is Cc1cc(N)c2c(c1-c1ccncc1)CC(CO)O2. The zero-order chi connectivity index (χ0) is 13.4. The minimum absolute atomic E-state index is 0.00293. The molecule has 0 fully saturated rings. The Morgan fingerprint density at radius 2 is 2.16 bits per heavy atom. The average Bonchev–Trinajstić information content (AvgIpc) is 2.84. The molecule has 4 heteroatoms. The van der Waals surface area contributed by atoms with Crippen LogP contribution in [0.1, 0.15) is 11.1 Å². The number of aryl methyl sites for hydroxylation is 1. The Hall–Kier alpha value is -2.07. The van der Waals surface area contributed by atoms with E-state index in [-0.39, 0.29) is 12.7 Å². The van der Waals surface area contributed by atoms with E-state index in [1.165, 1.54) is 0 Å². The van der Waals surface area contributed by atoms with Gasteiger partial charge in [0.15, 0.2) is 0 Å². The number of benzene rings is 1. The van der Waals surface area contributed by atoms with Crippen LogP contribution in [0, 0.1) is 6.92 Å². The summed E-state index contributed by atoms with van der Waals surface area (Å²) in [6.07, 6.45) is 4.04. The fourth-order valence-electron chi connectivity index (χ4n) is 2.69. The third-order valence-electron chi connectivity index (χ3n) is 3.49. The molecule has 2 aromatic rings. The second-order valence-electron chi connectivity index (χ2n) is 4.83. The number of rotatable bonds is 2. The lowest BCUT2D eigenvalue weighted by molar-refractivity contribution is 0.135. The quantitative estimate of drug-likeness (QED) is 0.806. The van der Waals surface area contributed by atoms with E-state index in [0.717, 1.165) is 28.0 Å². The van der Waals surface area contributed by atoms with Gasteiger partial charge in [-0.1, -0.05) is 0 Å². The lowest BCUT2D eigenvalue weighted by Gasteiger charge is -2.13. The number of nitrogen functional groups attached to an aromatic ring is 1. The molecule has 19 heavy (non-hydrogen) atoms. The maximum absolute atomic E-state index is 9.28. The topological polar surface area (TPSA) is 68.4 Å². The first-order chi connectivity index (χ1) is 9.20. The zero-order valence-corrected chi connectivity index (χ0v) is 10.8. The molecule has 98 valence electrons. The van der Waals surface area contributed by atoms with Crippen LogP contribution in [-0.2, 0) is 6.42 Å². The summed E-state index contributed by atoms with van der Waals surface area (Å²) in [5.74, 6) is 0.719. The van der Waals surface area contributed by atoms with E-state index in [1.54, 1.807) is 12.4 Å². The van der Waals surface area contributed by atoms with Crippen molar-refractivity contribution in [3.63, 3.8) is 0 Å².